The number of rotatable bonds is 7. The molecule has 7 heteroatoms. The first-order chi connectivity index (χ1) is 16.8. The van der Waals surface area contributed by atoms with Gasteiger partial charge < -0.3 is 15.4 Å². The van der Waals surface area contributed by atoms with E-state index in [9.17, 15) is 14.4 Å². The molecule has 0 bridgehead atoms. The van der Waals surface area contributed by atoms with E-state index in [4.69, 9.17) is 4.74 Å². The number of cyclic esters (lactones) is 1. The molecule has 1 saturated heterocycles. The van der Waals surface area contributed by atoms with E-state index >= 15 is 0 Å². The molecule has 1 fully saturated rings. The number of para-hydroxylation sites is 1. The highest BCUT2D eigenvalue weighted by Crippen LogP contribution is 2.35. The van der Waals surface area contributed by atoms with Gasteiger partial charge >= 0.3 is 6.09 Å². The van der Waals surface area contributed by atoms with Crippen LogP contribution in [-0.4, -0.2) is 28.8 Å². The molecule has 3 amide bonds. The molecule has 35 heavy (non-hydrogen) atoms. The lowest BCUT2D eigenvalue weighted by atomic mass is 10.00. The predicted octanol–water partition coefficient (Wildman–Crippen LogP) is 5.29. The molecule has 0 unspecified atom stereocenters. The number of anilines is 2. The van der Waals surface area contributed by atoms with Crippen LogP contribution in [0.1, 0.15) is 36.6 Å². The van der Waals surface area contributed by atoms with Crippen molar-refractivity contribution >= 4 is 29.3 Å². The van der Waals surface area contributed by atoms with Crippen LogP contribution in [-0.2, 0) is 20.9 Å². The SMILES string of the molecule is Cc1cccc(CN2C(=O)O[C@@H](c3ccc(NC(=O)C(C)C)cc3)[C@@H]2C(=O)Nc2ccccc2)c1. The number of nitrogens with one attached hydrogen (secondary N) is 2. The van der Waals surface area contributed by atoms with Crippen molar-refractivity contribution in [2.75, 3.05) is 10.6 Å². The van der Waals surface area contributed by atoms with Crippen molar-refractivity contribution in [1.29, 1.82) is 0 Å². The third kappa shape index (κ3) is 5.69. The molecule has 0 spiro atoms. The maximum atomic E-state index is 13.5. The Labute approximate surface area is 205 Å². The molecule has 0 aliphatic carbocycles. The van der Waals surface area contributed by atoms with Crippen molar-refractivity contribution in [3.63, 3.8) is 0 Å². The van der Waals surface area contributed by atoms with Crippen LogP contribution in [0, 0.1) is 12.8 Å². The Bertz CT molecular complexity index is 1210. The Morgan fingerprint density at radius 3 is 2.26 bits per heavy atom. The second-order valence-corrected chi connectivity index (χ2v) is 8.99. The molecule has 180 valence electrons. The van der Waals surface area contributed by atoms with Crippen molar-refractivity contribution in [3.8, 4) is 0 Å². The highest BCUT2D eigenvalue weighted by molar-refractivity contribution is 5.98. The number of amides is 3. The number of nitrogens with zero attached hydrogens (tertiary/aromatic N) is 1. The molecule has 0 aromatic heterocycles. The van der Waals surface area contributed by atoms with Crippen LogP contribution in [0.2, 0.25) is 0 Å². The van der Waals surface area contributed by atoms with Gasteiger partial charge in [0.2, 0.25) is 5.91 Å². The summed E-state index contributed by atoms with van der Waals surface area (Å²) in [5.74, 6) is -0.571. The van der Waals surface area contributed by atoms with Crippen LogP contribution >= 0.6 is 0 Å². The molecule has 0 saturated carbocycles. The highest BCUT2D eigenvalue weighted by atomic mass is 16.6. The fourth-order valence-electron chi connectivity index (χ4n) is 4.00. The Morgan fingerprint density at radius 2 is 1.60 bits per heavy atom. The van der Waals surface area contributed by atoms with Gasteiger partial charge in [0.25, 0.3) is 5.91 Å². The molecule has 1 heterocycles. The van der Waals surface area contributed by atoms with Gasteiger partial charge in [0, 0.05) is 17.3 Å². The minimum Gasteiger partial charge on any atom is -0.438 e. The van der Waals surface area contributed by atoms with E-state index in [-0.39, 0.29) is 24.3 Å². The van der Waals surface area contributed by atoms with E-state index in [1.165, 1.54) is 4.90 Å². The molecular weight excluding hydrogens is 442 g/mol. The Hall–Kier alpha value is -4.13. The summed E-state index contributed by atoms with van der Waals surface area (Å²) in [5.41, 5.74) is 3.92. The summed E-state index contributed by atoms with van der Waals surface area (Å²) in [5, 5.41) is 5.76. The first kappa shape index (κ1) is 24.0. The standard InChI is InChI=1S/C28H29N3O4/c1-18(2)26(32)29-23-14-12-21(13-15-23)25-24(27(33)30-22-10-5-4-6-11-22)31(28(34)35-25)17-20-9-7-8-19(3)16-20/h4-16,18,24-25H,17H2,1-3H3,(H,29,32)(H,30,33)/t24-,25+/m1/s1. The Kier molecular flexibility index (Phi) is 7.15. The van der Waals surface area contributed by atoms with E-state index in [2.05, 4.69) is 10.6 Å². The van der Waals surface area contributed by atoms with Crippen LogP contribution < -0.4 is 10.6 Å². The number of ether oxygens (including phenoxy) is 1. The van der Waals surface area contributed by atoms with Crippen molar-refractivity contribution in [1.82, 2.24) is 4.90 Å². The Morgan fingerprint density at radius 1 is 0.914 bits per heavy atom. The molecule has 0 radical (unpaired) electrons. The average Bonchev–Trinajstić information content (AvgIpc) is 3.16. The van der Waals surface area contributed by atoms with Gasteiger partial charge in [0.1, 0.15) is 0 Å². The van der Waals surface area contributed by atoms with Crippen LogP contribution in [0.3, 0.4) is 0 Å². The van der Waals surface area contributed by atoms with Crippen LogP contribution in [0.4, 0.5) is 16.2 Å². The predicted molar refractivity (Wildman–Crippen MR) is 135 cm³/mol. The van der Waals surface area contributed by atoms with Crippen LogP contribution in [0.5, 0.6) is 0 Å². The van der Waals surface area contributed by atoms with Crippen molar-refractivity contribution < 1.29 is 19.1 Å². The number of aryl methyl sites for hydroxylation is 1. The molecule has 3 aromatic rings. The zero-order valence-electron chi connectivity index (χ0n) is 20.0. The van der Waals surface area contributed by atoms with E-state index in [0.29, 0.717) is 16.9 Å². The molecule has 7 nitrogen and oxygen atoms in total. The third-order valence-corrected chi connectivity index (χ3v) is 5.86. The second kappa shape index (κ2) is 10.4. The molecule has 3 aromatic carbocycles. The lowest BCUT2D eigenvalue weighted by Gasteiger charge is -2.24. The molecule has 1 aliphatic heterocycles. The lowest BCUT2D eigenvalue weighted by molar-refractivity contribution is -0.121. The van der Waals surface area contributed by atoms with Gasteiger partial charge in [0.05, 0.1) is 6.54 Å². The summed E-state index contributed by atoms with van der Waals surface area (Å²) in [7, 11) is 0. The smallest absolute Gasteiger partial charge is 0.411 e. The van der Waals surface area contributed by atoms with Gasteiger partial charge in [-0.15, -0.1) is 0 Å². The highest BCUT2D eigenvalue weighted by Gasteiger charge is 2.47. The lowest BCUT2D eigenvalue weighted by Crippen LogP contribution is -2.43. The average molecular weight is 472 g/mol. The zero-order chi connectivity index (χ0) is 24.9. The van der Waals surface area contributed by atoms with E-state index in [1.807, 2.05) is 63.2 Å². The summed E-state index contributed by atoms with van der Waals surface area (Å²) < 4.78 is 5.73. The van der Waals surface area contributed by atoms with Crippen LogP contribution in [0.15, 0.2) is 78.9 Å². The maximum absolute atomic E-state index is 13.5. The van der Waals surface area contributed by atoms with Crippen molar-refractivity contribution in [2.45, 2.75) is 39.5 Å². The fraction of sp³-hybridized carbons (Fsp3) is 0.250. The minimum atomic E-state index is -0.876. The summed E-state index contributed by atoms with van der Waals surface area (Å²) in [6.07, 6.45) is -1.35. The van der Waals surface area contributed by atoms with E-state index < -0.39 is 18.2 Å². The Balaban J connectivity index is 1.62. The van der Waals surface area contributed by atoms with E-state index in [0.717, 1.165) is 11.1 Å². The third-order valence-electron chi connectivity index (χ3n) is 5.86. The maximum Gasteiger partial charge on any atom is 0.411 e. The molecule has 4 rings (SSSR count). The van der Waals surface area contributed by atoms with Gasteiger partial charge in [-0.25, -0.2) is 4.79 Å². The summed E-state index contributed by atoms with van der Waals surface area (Å²) in [6, 6.07) is 23.1. The molecular formula is C28H29N3O4. The van der Waals surface area contributed by atoms with Gasteiger partial charge in [-0.2, -0.15) is 0 Å². The normalized spacial score (nSPS) is 17.3. The molecule has 1 aliphatic rings. The summed E-state index contributed by atoms with van der Waals surface area (Å²) >= 11 is 0. The summed E-state index contributed by atoms with van der Waals surface area (Å²) in [4.78, 5) is 39.9. The quantitative estimate of drug-likeness (QED) is 0.490. The first-order valence-corrected chi connectivity index (χ1v) is 11.6. The van der Waals surface area contributed by atoms with Gasteiger partial charge in [0.15, 0.2) is 12.1 Å². The summed E-state index contributed by atoms with van der Waals surface area (Å²) in [6.45, 7) is 5.86. The number of carbonyl (C=O) groups is 3. The van der Waals surface area contributed by atoms with Gasteiger partial charge in [-0.05, 0) is 42.3 Å². The van der Waals surface area contributed by atoms with Gasteiger partial charge in [-0.3, -0.25) is 14.5 Å². The number of hydrogen-bond donors (Lipinski definition) is 2. The molecule has 2 N–H and O–H groups in total. The van der Waals surface area contributed by atoms with Crippen molar-refractivity contribution in [3.05, 3.63) is 95.6 Å². The van der Waals surface area contributed by atoms with Gasteiger partial charge in [-0.1, -0.05) is 74.0 Å². The first-order valence-electron chi connectivity index (χ1n) is 11.6. The topological polar surface area (TPSA) is 87.7 Å². The number of benzene rings is 3. The number of carbonyl (C=O) groups excluding carboxylic acids is 3. The van der Waals surface area contributed by atoms with E-state index in [1.54, 1.807) is 36.4 Å². The molecule has 2 atom stereocenters. The van der Waals surface area contributed by atoms with Crippen molar-refractivity contribution in [2.24, 2.45) is 5.92 Å². The monoisotopic (exact) mass is 471 g/mol. The number of hydrogen-bond acceptors (Lipinski definition) is 4. The zero-order valence-corrected chi connectivity index (χ0v) is 20.0. The minimum absolute atomic E-state index is 0.0884. The second-order valence-electron chi connectivity index (χ2n) is 8.99. The van der Waals surface area contributed by atoms with Crippen LogP contribution in [0.25, 0.3) is 0 Å². The largest absolute Gasteiger partial charge is 0.438 e. The fourth-order valence-corrected chi connectivity index (χ4v) is 4.00.